The summed E-state index contributed by atoms with van der Waals surface area (Å²) >= 11 is 0. The molecule has 0 aliphatic carbocycles. The van der Waals surface area contributed by atoms with Crippen LogP contribution >= 0.6 is 0 Å². The van der Waals surface area contributed by atoms with Gasteiger partial charge in [-0.1, -0.05) is 42.5 Å². The molecule has 0 amide bonds. The number of hydrogen-bond acceptors (Lipinski definition) is 7. The van der Waals surface area contributed by atoms with Crippen LogP contribution in [-0.2, 0) is 25.7 Å². The molecule has 4 aromatic carbocycles. The van der Waals surface area contributed by atoms with Crippen LogP contribution in [0.15, 0.2) is 122 Å². The number of methoxy groups -OCH3 is 3. The highest BCUT2D eigenvalue weighted by Gasteiger charge is 2.08. The Balaban J connectivity index is 0.000000175. The van der Waals surface area contributed by atoms with Gasteiger partial charge in [0.25, 0.3) is 0 Å². The summed E-state index contributed by atoms with van der Waals surface area (Å²) in [5.74, 6) is 3.53. The van der Waals surface area contributed by atoms with Crippen LogP contribution in [0, 0.1) is 0 Å². The second-order valence-corrected chi connectivity index (χ2v) is 10.2. The Morgan fingerprint density at radius 1 is 0.477 bits per heavy atom. The Bertz CT molecular complexity index is 1960. The molecule has 0 bridgehead atoms. The van der Waals surface area contributed by atoms with Gasteiger partial charge < -0.3 is 23.0 Å². The molecule has 0 aliphatic rings. The largest absolute Gasteiger partial charge is 0.497 e. The van der Waals surface area contributed by atoms with E-state index in [1.807, 2.05) is 42.5 Å². The number of ether oxygens (including phenoxy) is 3. The van der Waals surface area contributed by atoms with Crippen LogP contribution in [0.1, 0.15) is 22.6 Å². The minimum absolute atomic E-state index is 0.0294. The Morgan fingerprint density at radius 2 is 0.909 bits per heavy atom. The van der Waals surface area contributed by atoms with Gasteiger partial charge in [-0.2, -0.15) is 0 Å². The fourth-order valence-electron chi connectivity index (χ4n) is 4.84. The van der Waals surface area contributed by atoms with Crippen LogP contribution in [-0.4, -0.2) is 21.3 Å². The molecule has 0 fully saturated rings. The highest BCUT2D eigenvalue weighted by Crippen LogP contribution is 2.21. The van der Waals surface area contributed by atoms with Crippen molar-refractivity contribution >= 4 is 21.9 Å². The standard InChI is InChI=1S/C19H18O4.C18H16O3/c1-21-14-6-3-13(4-7-14)5-8-16-12-18(20)17-11-15(22-2)9-10-19(17)23-16;1-20-14-9-10-18-16(11-14)17(19)12-15(21-18)8-7-13-5-3-2-4-6-13/h3-4,6-7,9-12H,5,8H2,1-2H3;2-6,9-12H,7-8H2,1H3. The van der Waals surface area contributed by atoms with E-state index in [4.69, 9.17) is 23.0 Å². The average molecular weight is 591 g/mol. The maximum absolute atomic E-state index is 12.2. The molecule has 6 aromatic rings. The second kappa shape index (κ2) is 14.2. The summed E-state index contributed by atoms with van der Waals surface area (Å²) in [6.45, 7) is 0. The quantitative estimate of drug-likeness (QED) is 0.176. The molecule has 6 rings (SSSR count). The number of fused-ring (bicyclic) bond motifs is 2. The zero-order chi connectivity index (χ0) is 30.9. The molecular weight excluding hydrogens is 556 g/mol. The fraction of sp³-hybridized carbons (Fsp3) is 0.189. The second-order valence-electron chi connectivity index (χ2n) is 10.2. The number of rotatable bonds is 9. The van der Waals surface area contributed by atoms with Crippen molar-refractivity contribution in [2.24, 2.45) is 0 Å². The fourth-order valence-corrected chi connectivity index (χ4v) is 4.84. The summed E-state index contributed by atoms with van der Waals surface area (Å²) in [5.41, 5.74) is 3.51. The first-order valence-corrected chi connectivity index (χ1v) is 14.3. The molecule has 0 atom stereocenters. The summed E-state index contributed by atoms with van der Waals surface area (Å²) in [6, 6.07) is 31.7. The predicted octanol–water partition coefficient (Wildman–Crippen LogP) is 7.18. The van der Waals surface area contributed by atoms with Gasteiger partial charge in [0.1, 0.15) is 39.9 Å². The highest BCUT2D eigenvalue weighted by molar-refractivity contribution is 5.78. The maximum atomic E-state index is 12.2. The molecule has 0 saturated carbocycles. The molecule has 2 aromatic heterocycles. The minimum atomic E-state index is -0.0464. The predicted molar refractivity (Wildman–Crippen MR) is 172 cm³/mol. The zero-order valence-electron chi connectivity index (χ0n) is 25.0. The van der Waals surface area contributed by atoms with Crippen molar-refractivity contribution in [1.29, 1.82) is 0 Å². The van der Waals surface area contributed by atoms with Gasteiger partial charge in [-0.3, -0.25) is 9.59 Å². The van der Waals surface area contributed by atoms with Crippen molar-refractivity contribution in [3.63, 3.8) is 0 Å². The van der Waals surface area contributed by atoms with Crippen LogP contribution in [0.3, 0.4) is 0 Å². The van der Waals surface area contributed by atoms with Crippen molar-refractivity contribution in [2.45, 2.75) is 25.7 Å². The monoisotopic (exact) mass is 590 g/mol. The Hall–Kier alpha value is -5.30. The van der Waals surface area contributed by atoms with E-state index in [1.165, 1.54) is 11.1 Å². The molecule has 0 saturated heterocycles. The van der Waals surface area contributed by atoms with Crippen LogP contribution in [0.5, 0.6) is 17.2 Å². The van der Waals surface area contributed by atoms with Crippen molar-refractivity contribution < 1.29 is 23.0 Å². The highest BCUT2D eigenvalue weighted by atomic mass is 16.5. The summed E-state index contributed by atoms with van der Waals surface area (Å²) < 4.78 is 27.1. The topological polar surface area (TPSA) is 88.1 Å². The van der Waals surface area contributed by atoms with E-state index < -0.39 is 0 Å². The van der Waals surface area contributed by atoms with Gasteiger partial charge in [0.15, 0.2) is 10.9 Å². The van der Waals surface area contributed by atoms with Crippen LogP contribution in [0.4, 0.5) is 0 Å². The number of aryl methyl sites for hydroxylation is 4. The molecule has 0 N–H and O–H groups in total. The lowest BCUT2D eigenvalue weighted by molar-refractivity contribution is 0.414. The molecule has 224 valence electrons. The minimum Gasteiger partial charge on any atom is -0.497 e. The van der Waals surface area contributed by atoms with Crippen molar-refractivity contribution in [2.75, 3.05) is 21.3 Å². The SMILES string of the molecule is COc1ccc(CCc2cc(=O)c3cc(OC)ccc3o2)cc1.COc1ccc2oc(CCc3ccccc3)cc(=O)c2c1. The molecule has 7 heteroatoms. The smallest absolute Gasteiger partial charge is 0.193 e. The Labute approximate surface area is 255 Å². The van der Waals surface area contributed by atoms with Gasteiger partial charge >= 0.3 is 0 Å². The van der Waals surface area contributed by atoms with Crippen LogP contribution < -0.4 is 25.1 Å². The summed E-state index contributed by atoms with van der Waals surface area (Å²) in [4.78, 5) is 24.4. The third kappa shape index (κ3) is 7.55. The molecule has 0 unspecified atom stereocenters. The third-order valence-electron chi connectivity index (χ3n) is 7.29. The van der Waals surface area contributed by atoms with Gasteiger partial charge in [0.2, 0.25) is 0 Å². The molecule has 2 heterocycles. The Morgan fingerprint density at radius 3 is 1.36 bits per heavy atom. The van der Waals surface area contributed by atoms with E-state index in [-0.39, 0.29) is 10.9 Å². The van der Waals surface area contributed by atoms with Crippen molar-refractivity contribution in [1.82, 2.24) is 0 Å². The molecular formula is C37H34O7. The van der Waals surface area contributed by atoms with E-state index in [9.17, 15) is 9.59 Å². The van der Waals surface area contributed by atoms with Crippen LogP contribution in [0.2, 0.25) is 0 Å². The van der Waals surface area contributed by atoms with Gasteiger partial charge in [0, 0.05) is 25.0 Å². The summed E-state index contributed by atoms with van der Waals surface area (Å²) in [5, 5.41) is 1.09. The third-order valence-corrected chi connectivity index (χ3v) is 7.29. The van der Waals surface area contributed by atoms with Crippen molar-refractivity contribution in [3.8, 4) is 17.2 Å². The lowest BCUT2D eigenvalue weighted by atomic mass is 10.1. The van der Waals surface area contributed by atoms with Gasteiger partial charge in [0.05, 0.1) is 32.1 Å². The molecule has 44 heavy (non-hydrogen) atoms. The van der Waals surface area contributed by atoms with E-state index >= 15 is 0 Å². The van der Waals surface area contributed by atoms with E-state index in [0.29, 0.717) is 57.8 Å². The maximum Gasteiger partial charge on any atom is 0.193 e. The van der Waals surface area contributed by atoms with Crippen molar-refractivity contribution in [3.05, 3.63) is 146 Å². The first kappa shape index (κ1) is 30.2. The summed E-state index contributed by atoms with van der Waals surface area (Å²) in [7, 11) is 4.80. The molecule has 0 spiro atoms. The van der Waals surface area contributed by atoms with Gasteiger partial charge in [-0.05, 0) is 72.5 Å². The Kier molecular flexibility index (Phi) is 9.77. The van der Waals surface area contributed by atoms with Gasteiger partial charge in [-0.25, -0.2) is 0 Å². The van der Waals surface area contributed by atoms with E-state index in [1.54, 1.807) is 69.9 Å². The normalized spacial score (nSPS) is 10.7. The van der Waals surface area contributed by atoms with Crippen LogP contribution in [0.25, 0.3) is 21.9 Å². The molecule has 0 radical (unpaired) electrons. The van der Waals surface area contributed by atoms with E-state index in [2.05, 4.69) is 12.1 Å². The summed E-state index contributed by atoms with van der Waals surface area (Å²) in [6.07, 6.45) is 3.03. The lowest BCUT2D eigenvalue weighted by Crippen LogP contribution is -2.03. The number of hydrogen-bond donors (Lipinski definition) is 0. The van der Waals surface area contributed by atoms with Gasteiger partial charge in [-0.15, -0.1) is 0 Å². The first-order chi connectivity index (χ1) is 21.4. The first-order valence-electron chi connectivity index (χ1n) is 14.3. The molecule has 0 aliphatic heterocycles. The average Bonchev–Trinajstić information content (AvgIpc) is 3.07. The number of benzene rings is 4. The lowest BCUT2D eigenvalue weighted by Gasteiger charge is -2.06. The molecule has 7 nitrogen and oxygen atoms in total. The van der Waals surface area contributed by atoms with E-state index in [0.717, 1.165) is 18.6 Å². The zero-order valence-corrected chi connectivity index (χ0v) is 25.0.